The Morgan fingerprint density at radius 2 is 2.21 bits per heavy atom. The monoisotopic (exact) mass is 188 g/mol. The summed E-state index contributed by atoms with van der Waals surface area (Å²) in [6.45, 7) is 2.31. The molecule has 0 radical (unpaired) electrons. The van der Waals surface area contributed by atoms with E-state index in [-0.39, 0.29) is 0 Å². The minimum Gasteiger partial charge on any atom is -0.371 e. The Bertz CT molecular complexity index is 348. The highest BCUT2D eigenvalue weighted by Gasteiger charge is 2.37. The van der Waals surface area contributed by atoms with Gasteiger partial charge in [-0.05, 0) is 24.6 Å². The number of anilines is 1. The van der Waals surface area contributed by atoms with Crippen LogP contribution >= 0.6 is 0 Å². The first kappa shape index (κ1) is 8.30. The highest BCUT2D eigenvalue weighted by atomic mass is 15.2. The number of rotatable bonds is 0. The molecule has 2 aliphatic heterocycles. The Labute approximate surface area is 84.9 Å². The zero-order valence-electron chi connectivity index (χ0n) is 8.53. The minimum atomic E-state index is 0.713. The average molecular weight is 188 g/mol. The molecule has 0 unspecified atom stereocenters. The lowest BCUT2D eigenvalue weighted by Crippen LogP contribution is -2.42. The molecule has 1 saturated heterocycles. The van der Waals surface area contributed by atoms with Crippen LogP contribution in [-0.4, -0.2) is 26.2 Å². The van der Waals surface area contributed by atoms with Crippen LogP contribution in [0.1, 0.15) is 17.9 Å². The molecule has 0 bridgehead atoms. The highest BCUT2D eigenvalue weighted by Crippen LogP contribution is 2.41. The predicted molar refractivity (Wildman–Crippen MR) is 58.9 cm³/mol. The van der Waals surface area contributed by atoms with Gasteiger partial charge >= 0.3 is 0 Å². The van der Waals surface area contributed by atoms with E-state index in [1.807, 2.05) is 0 Å². The van der Waals surface area contributed by atoms with Crippen molar-refractivity contribution in [3.63, 3.8) is 0 Å². The third-order valence-electron chi connectivity index (χ3n) is 3.66. The van der Waals surface area contributed by atoms with Crippen molar-refractivity contribution in [2.75, 3.05) is 25.0 Å². The lowest BCUT2D eigenvalue weighted by atomic mass is 9.90. The van der Waals surface area contributed by atoms with Gasteiger partial charge in [-0.3, -0.25) is 0 Å². The van der Waals surface area contributed by atoms with Crippen molar-refractivity contribution < 1.29 is 0 Å². The average Bonchev–Trinajstić information content (AvgIpc) is 2.55. The van der Waals surface area contributed by atoms with E-state index in [2.05, 4.69) is 41.5 Å². The van der Waals surface area contributed by atoms with E-state index in [1.54, 1.807) is 0 Å². The standard InChI is InChI=1S/C12H16N2/c1-14-11-5-3-2-4-9(11)10-8-13-7-6-12(10)14/h2-5,10,12-13H,6-8H2,1H3/t10-,12-/m1/s1. The van der Waals surface area contributed by atoms with E-state index in [4.69, 9.17) is 0 Å². The third-order valence-corrected chi connectivity index (χ3v) is 3.66. The van der Waals surface area contributed by atoms with Crippen molar-refractivity contribution in [1.82, 2.24) is 5.32 Å². The Hall–Kier alpha value is -1.02. The number of piperidine rings is 1. The molecule has 1 N–H and O–H groups in total. The van der Waals surface area contributed by atoms with Crippen LogP contribution in [0.25, 0.3) is 0 Å². The van der Waals surface area contributed by atoms with E-state index < -0.39 is 0 Å². The molecule has 14 heavy (non-hydrogen) atoms. The van der Waals surface area contributed by atoms with Crippen LogP contribution in [0.2, 0.25) is 0 Å². The molecule has 0 amide bonds. The summed E-state index contributed by atoms with van der Waals surface area (Å²) < 4.78 is 0. The molecule has 1 fully saturated rings. The molecule has 2 heteroatoms. The summed E-state index contributed by atoms with van der Waals surface area (Å²) in [5.74, 6) is 0.713. The summed E-state index contributed by atoms with van der Waals surface area (Å²) in [7, 11) is 2.23. The van der Waals surface area contributed by atoms with E-state index >= 15 is 0 Å². The van der Waals surface area contributed by atoms with Crippen LogP contribution in [0.3, 0.4) is 0 Å². The predicted octanol–water partition coefficient (Wildman–Crippen LogP) is 1.58. The molecular weight excluding hydrogens is 172 g/mol. The first-order valence-corrected chi connectivity index (χ1v) is 5.40. The minimum absolute atomic E-state index is 0.713. The van der Waals surface area contributed by atoms with Crippen molar-refractivity contribution in [2.24, 2.45) is 0 Å². The summed E-state index contributed by atoms with van der Waals surface area (Å²) in [5.41, 5.74) is 2.97. The quantitative estimate of drug-likeness (QED) is 0.665. The normalized spacial score (nSPS) is 29.9. The molecule has 1 aromatic carbocycles. The molecule has 0 spiro atoms. The maximum atomic E-state index is 3.49. The number of nitrogens with one attached hydrogen (secondary N) is 1. The largest absolute Gasteiger partial charge is 0.371 e. The molecule has 1 aromatic rings. The lowest BCUT2D eigenvalue weighted by molar-refractivity contribution is 0.413. The fourth-order valence-corrected chi connectivity index (χ4v) is 2.93. The zero-order chi connectivity index (χ0) is 9.54. The van der Waals surface area contributed by atoms with E-state index in [1.165, 1.54) is 24.2 Å². The molecule has 0 saturated carbocycles. The number of hydrogen-bond acceptors (Lipinski definition) is 2. The Morgan fingerprint density at radius 1 is 1.36 bits per heavy atom. The molecule has 0 aliphatic carbocycles. The zero-order valence-corrected chi connectivity index (χ0v) is 8.53. The third kappa shape index (κ3) is 1.01. The van der Waals surface area contributed by atoms with Crippen LogP contribution in [0.15, 0.2) is 24.3 Å². The van der Waals surface area contributed by atoms with Gasteiger partial charge in [-0.15, -0.1) is 0 Å². The summed E-state index contributed by atoms with van der Waals surface area (Å²) in [6, 6.07) is 9.55. The number of benzene rings is 1. The highest BCUT2D eigenvalue weighted by molar-refractivity contribution is 5.61. The van der Waals surface area contributed by atoms with Crippen molar-refractivity contribution in [1.29, 1.82) is 0 Å². The van der Waals surface area contributed by atoms with Crippen molar-refractivity contribution in [3.8, 4) is 0 Å². The molecule has 2 nitrogen and oxygen atoms in total. The van der Waals surface area contributed by atoms with E-state index in [0.29, 0.717) is 5.92 Å². The number of nitrogens with zero attached hydrogens (tertiary/aromatic N) is 1. The van der Waals surface area contributed by atoms with Gasteiger partial charge < -0.3 is 10.2 Å². The van der Waals surface area contributed by atoms with Gasteiger partial charge in [0.05, 0.1) is 0 Å². The number of hydrogen-bond donors (Lipinski definition) is 1. The Morgan fingerprint density at radius 3 is 3.14 bits per heavy atom. The van der Waals surface area contributed by atoms with Gasteiger partial charge in [0.1, 0.15) is 0 Å². The van der Waals surface area contributed by atoms with E-state index in [9.17, 15) is 0 Å². The smallest absolute Gasteiger partial charge is 0.0403 e. The molecule has 3 rings (SSSR count). The topological polar surface area (TPSA) is 15.3 Å². The first-order chi connectivity index (χ1) is 6.88. The molecule has 0 aromatic heterocycles. The van der Waals surface area contributed by atoms with Gasteiger partial charge in [0.15, 0.2) is 0 Å². The lowest BCUT2D eigenvalue weighted by Gasteiger charge is -2.31. The van der Waals surface area contributed by atoms with Gasteiger partial charge in [-0.1, -0.05) is 18.2 Å². The summed E-state index contributed by atoms with van der Waals surface area (Å²) in [6.07, 6.45) is 1.27. The number of para-hydroxylation sites is 1. The summed E-state index contributed by atoms with van der Waals surface area (Å²) in [5, 5.41) is 3.49. The Balaban J connectivity index is 2.06. The second-order valence-electron chi connectivity index (χ2n) is 4.34. The van der Waals surface area contributed by atoms with Crippen LogP contribution in [-0.2, 0) is 0 Å². The van der Waals surface area contributed by atoms with Gasteiger partial charge in [0.2, 0.25) is 0 Å². The number of likely N-dealkylation sites (N-methyl/N-ethyl adjacent to an activating group) is 1. The maximum Gasteiger partial charge on any atom is 0.0403 e. The molecule has 2 aliphatic rings. The second-order valence-corrected chi connectivity index (χ2v) is 4.34. The second kappa shape index (κ2) is 2.99. The molecule has 74 valence electrons. The Kier molecular flexibility index (Phi) is 1.77. The summed E-state index contributed by atoms with van der Waals surface area (Å²) in [4.78, 5) is 2.46. The number of fused-ring (bicyclic) bond motifs is 3. The van der Waals surface area contributed by atoms with Gasteiger partial charge in [-0.2, -0.15) is 0 Å². The SMILES string of the molecule is CN1c2ccccc2[C@H]2CNCC[C@H]21. The van der Waals surface area contributed by atoms with Gasteiger partial charge in [-0.25, -0.2) is 0 Å². The van der Waals surface area contributed by atoms with Crippen LogP contribution in [0, 0.1) is 0 Å². The van der Waals surface area contributed by atoms with Crippen molar-refractivity contribution in [3.05, 3.63) is 29.8 Å². The first-order valence-electron chi connectivity index (χ1n) is 5.40. The summed E-state index contributed by atoms with van der Waals surface area (Å²) >= 11 is 0. The van der Waals surface area contributed by atoms with Crippen LogP contribution in [0.5, 0.6) is 0 Å². The van der Waals surface area contributed by atoms with E-state index in [0.717, 1.165) is 12.6 Å². The van der Waals surface area contributed by atoms with Gasteiger partial charge in [0.25, 0.3) is 0 Å². The van der Waals surface area contributed by atoms with Crippen LogP contribution in [0.4, 0.5) is 5.69 Å². The molecule has 2 atom stereocenters. The van der Waals surface area contributed by atoms with Crippen molar-refractivity contribution >= 4 is 5.69 Å². The maximum absolute atomic E-state index is 3.49. The van der Waals surface area contributed by atoms with Crippen LogP contribution < -0.4 is 10.2 Å². The van der Waals surface area contributed by atoms with Crippen molar-refractivity contribution in [2.45, 2.75) is 18.4 Å². The van der Waals surface area contributed by atoms with Gasteiger partial charge in [0, 0.05) is 31.2 Å². The fraction of sp³-hybridized carbons (Fsp3) is 0.500. The fourth-order valence-electron chi connectivity index (χ4n) is 2.93. The molecular formula is C12H16N2. The molecule has 2 heterocycles.